The number of ether oxygens (including phenoxy) is 2. The number of pyridine rings is 1. The predicted octanol–water partition coefficient (Wildman–Crippen LogP) is 7.96. The number of nitrogens with one attached hydrogen (secondary N) is 2. The minimum absolute atomic E-state index is 0.00415. The average Bonchev–Trinajstić information content (AvgIpc) is 3.28. The molecule has 3 atom stereocenters. The molecule has 12 nitrogen and oxygen atoms in total. The number of nitrogens with zero attached hydrogens (tertiary/aromatic N) is 3. The maximum atomic E-state index is 14.1. The van der Waals surface area contributed by atoms with Crippen LogP contribution in [0.2, 0.25) is 10.0 Å². The largest absolute Gasteiger partial charge is 0.489 e. The Morgan fingerprint density at radius 3 is 2.31 bits per heavy atom. The molecule has 3 N–H and O–H groups in total. The van der Waals surface area contributed by atoms with Gasteiger partial charge in [0, 0.05) is 37.3 Å². The molecule has 0 radical (unpaired) electrons. The number of nitriles is 1. The minimum Gasteiger partial charge on any atom is -0.489 e. The maximum Gasteiger partial charge on any atom is 0.326 e. The van der Waals surface area contributed by atoms with Gasteiger partial charge in [-0.1, -0.05) is 77.8 Å². The summed E-state index contributed by atoms with van der Waals surface area (Å²) in [6.07, 6.45) is 1.99. The molecule has 5 aromatic carbocycles. The van der Waals surface area contributed by atoms with E-state index in [-0.39, 0.29) is 31.6 Å². The Morgan fingerprint density at radius 1 is 0.918 bits per heavy atom. The number of aromatic nitrogens is 1. The van der Waals surface area contributed by atoms with Gasteiger partial charge in [0.2, 0.25) is 12.0 Å². The highest BCUT2D eigenvalue weighted by molar-refractivity contribution is 6.42. The van der Waals surface area contributed by atoms with Crippen molar-refractivity contribution in [1.82, 2.24) is 15.2 Å². The van der Waals surface area contributed by atoms with Gasteiger partial charge in [0.15, 0.2) is 0 Å². The zero-order chi connectivity index (χ0) is 42.6. The number of benzene rings is 5. The van der Waals surface area contributed by atoms with Crippen LogP contribution in [0.25, 0.3) is 11.1 Å². The Bertz CT molecular complexity index is 2690. The quantitative estimate of drug-likeness (QED) is 0.117. The molecule has 0 fully saturated rings. The van der Waals surface area contributed by atoms with Crippen molar-refractivity contribution < 1.29 is 33.8 Å². The lowest BCUT2D eigenvalue weighted by atomic mass is 9.91. The van der Waals surface area contributed by atoms with Crippen molar-refractivity contribution in [2.24, 2.45) is 0 Å². The van der Waals surface area contributed by atoms with Crippen LogP contribution in [0.1, 0.15) is 49.8 Å². The number of hydrogen-bond donors (Lipinski definition) is 3. The van der Waals surface area contributed by atoms with Crippen molar-refractivity contribution in [3.8, 4) is 28.7 Å². The van der Waals surface area contributed by atoms with E-state index in [1.54, 1.807) is 84.9 Å². The molecule has 304 valence electrons. The fraction of sp³-hybridized carbons (Fsp3) is 0.149. The van der Waals surface area contributed by atoms with E-state index >= 15 is 0 Å². The maximum absolute atomic E-state index is 14.1. The zero-order valence-electron chi connectivity index (χ0n) is 32.2. The standard InChI is InChI=1S/C47H35Cl2N5O7/c48-37-16-7-29(18-38(37)49)26-60-36-14-12-32(13-15-36)43-45(56)52-39-20-34-21-41(54(25-35(34)22-42(39)61-43)46(57)33-2-1-17-51-24-33)44(55)53-40(47(58)59)19-27-3-8-30(9-4-27)31-10-5-28(23-50)6-11-31/h1-18,20,22,24,40-41,43H,19,21,25-26H2,(H,52,56)(H,53,55)(H,58,59)/t40-,41?,43-/m0/s1. The van der Waals surface area contributed by atoms with Crippen molar-refractivity contribution in [2.75, 3.05) is 5.32 Å². The van der Waals surface area contributed by atoms with Gasteiger partial charge in [-0.2, -0.15) is 5.26 Å². The minimum atomic E-state index is -1.30. The van der Waals surface area contributed by atoms with Crippen LogP contribution in [-0.4, -0.2) is 50.8 Å². The molecule has 0 aliphatic carbocycles. The number of amides is 3. The number of halogens is 2. The molecule has 0 saturated carbocycles. The molecule has 0 spiro atoms. The molecule has 0 saturated heterocycles. The monoisotopic (exact) mass is 851 g/mol. The number of carboxylic acid groups (broad SMARTS) is 1. The number of fused-ring (bicyclic) bond motifs is 2. The van der Waals surface area contributed by atoms with Gasteiger partial charge in [-0.3, -0.25) is 19.4 Å². The summed E-state index contributed by atoms with van der Waals surface area (Å²) in [6.45, 7) is 0.255. The molecule has 14 heteroatoms. The van der Waals surface area contributed by atoms with E-state index in [0.29, 0.717) is 55.0 Å². The topological polar surface area (TPSA) is 171 Å². The first-order valence-electron chi connectivity index (χ1n) is 19.2. The number of hydrogen-bond acceptors (Lipinski definition) is 8. The molecule has 3 heterocycles. The van der Waals surface area contributed by atoms with Crippen LogP contribution in [0.5, 0.6) is 11.5 Å². The van der Waals surface area contributed by atoms with Gasteiger partial charge in [0.1, 0.15) is 30.2 Å². The normalized spacial score (nSPS) is 15.8. The van der Waals surface area contributed by atoms with Crippen LogP contribution < -0.4 is 20.1 Å². The summed E-state index contributed by atoms with van der Waals surface area (Å²) in [5.74, 6) is -1.79. The number of carboxylic acids is 1. The van der Waals surface area contributed by atoms with Crippen molar-refractivity contribution in [3.05, 3.63) is 177 Å². The first-order chi connectivity index (χ1) is 29.5. The van der Waals surface area contributed by atoms with E-state index in [2.05, 4.69) is 21.7 Å². The Labute approximate surface area is 360 Å². The zero-order valence-corrected chi connectivity index (χ0v) is 33.7. The van der Waals surface area contributed by atoms with E-state index in [0.717, 1.165) is 16.7 Å². The summed E-state index contributed by atoms with van der Waals surface area (Å²) in [5.41, 5.74) is 6.45. The van der Waals surface area contributed by atoms with Crippen LogP contribution in [0.4, 0.5) is 5.69 Å². The van der Waals surface area contributed by atoms with E-state index in [1.807, 2.05) is 30.3 Å². The first kappa shape index (κ1) is 40.6. The fourth-order valence-corrected chi connectivity index (χ4v) is 7.64. The lowest BCUT2D eigenvalue weighted by molar-refractivity contribution is -0.142. The third kappa shape index (κ3) is 9.04. The third-order valence-electron chi connectivity index (χ3n) is 10.6. The van der Waals surface area contributed by atoms with Gasteiger partial charge in [-0.25, -0.2) is 4.79 Å². The lowest BCUT2D eigenvalue weighted by Gasteiger charge is -2.37. The number of aliphatic carboxylic acids is 1. The first-order valence-corrected chi connectivity index (χ1v) is 19.9. The number of carbonyl (C=O) groups is 4. The van der Waals surface area contributed by atoms with Crippen LogP contribution in [0.15, 0.2) is 128 Å². The molecule has 2 aliphatic heterocycles. The SMILES string of the molecule is N#Cc1ccc(-c2ccc(C[C@H](NC(=O)C3Cc4cc5c(cc4CN3C(=O)c3cccnc3)O[C@@H](c3ccc(OCc4ccc(Cl)c(Cl)c4)cc3)C(=O)N5)C(=O)O)cc2)cc1. The van der Waals surface area contributed by atoms with E-state index in [1.165, 1.54) is 17.3 Å². The summed E-state index contributed by atoms with van der Waals surface area (Å²) >= 11 is 12.1. The van der Waals surface area contributed by atoms with Gasteiger partial charge < -0.3 is 30.1 Å². The Morgan fingerprint density at radius 2 is 1.64 bits per heavy atom. The van der Waals surface area contributed by atoms with Crippen LogP contribution in [0.3, 0.4) is 0 Å². The summed E-state index contributed by atoms with van der Waals surface area (Å²) in [6, 6.07) is 33.0. The fourth-order valence-electron chi connectivity index (χ4n) is 7.32. The smallest absolute Gasteiger partial charge is 0.326 e. The Kier molecular flexibility index (Phi) is 11.7. The summed E-state index contributed by atoms with van der Waals surface area (Å²) in [5, 5.41) is 25.8. The summed E-state index contributed by atoms with van der Waals surface area (Å²) in [7, 11) is 0. The highest BCUT2D eigenvalue weighted by Crippen LogP contribution is 2.40. The van der Waals surface area contributed by atoms with Gasteiger partial charge >= 0.3 is 5.97 Å². The molecule has 2 aliphatic rings. The summed E-state index contributed by atoms with van der Waals surface area (Å²) in [4.78, 5) is 59.6. The number of rotatable bonds is 11. The molecular weight excluding hydrogens is 817 g/mol. The third-order valence-corrected chi connectivity index (χ3v) is 11.3. The molecule has 1 aromatic heterocycles. The average molecular weight is 853 g/mol. The highest BCUT2D eigenvalue weighted by atomic mass is 35.5. The van der Waals surface area contributed by atoms with Crippen LogP contribution in [-0.2, 0) is 40.4 Å². The molecule has 6 aromatic rings. The van der Waals surface area contributed by atoms with Gasteiger partial charge in [-0.15, -0.1) is 0 Å². The molecule has 8 rings (SSSR count). The number of carbonyl (C=O) groups excluding carboxylic acids is 3. The van der Waals surface area contributed by atoms with Crippen molar-refractivity contribution in [2.45, 2.75) is 44.2 Å². The lowest BCUT2D eigenvalue weighted by Crippen LogP contribution is -2.56. The number of anilines is 1. The van der Waals surface area contributed by atoms with Gasteiger partial charge in [0.25, 0.3) is 11.8 Å². The predicted molar refractivity (Wildman–Crippen MR) is 227 cm³/mol. The highest BCUT2D eigenvalue weighted by Gasteiger charge is 2.39. The van der Waals surface area contributed by atoms with Crippen LogP contribution in [0, 0.1) is 11.3 Å². The molecule has 0 bridgehead atoms. The molecule has 1 unspecified atom stereocenters. The van der Waals surface area contributed by atoms with E-state index in [9.17, 15) is 24.3 Å². The second-order valence-corrected chi connectivity index (χ2v) is 15.4. The van der Waals surface area contributed by atoms with Gasteiger partial charge in [-0.05, 0) is 94.0 Å². The molecule has 3 amide bonds. The van der Waals surface area contributed by atoms with Crippen molar-refractivity contribution >= 4 is 52.6 Å². The van der Waals surface area contributed by atoms with Crippen LogP contribution >= 0.6 is 23.2 Å². The molecular formula is C47H35Cl2N5O7. The summed E-state index contributed by atoms with van der Waals surface area (Å²) < 4.78 is 12.2. The Hall–Kier alpha value is -7.20. The molecule has 61 heavy (non-hydrogen) atoms. The van der Waals surface area contributed by atoms with E-state index < -0.39 is 41.9 Å². The van der Waals surface area contributed by atoms with E-state index in [4.69, 9.17) is 37.9 Å². The second-order valence-electron chi connectivity index (χ2n) is 14.6. The second kappa shape index (κ2) is 17.6. The van der Waals surface area contributed by atoms with Crippen molar-refractivity contribution in [1.29, 1.82) is 5.26 Å². The Balaban J connectivity index is 0.991. The van der Waals surface area contributed by atoms with Crippen molar-refractivity contribution in [3.63, 3.8) is 0 Å². The van der Waals surface area contributed by atoms with Gasteiger partial charge in [0.05, 0.1) is 32.9 Å².